The zero-order chi connectivity index (χ0) is 12.2. The van der Waals surface area contributed by atoms with Crippen LogP contribution in [0.2, 0.25) is 0 Å². The Bertz CT molecular complexity index is 331. The van der Waals surface area contributed by atoms with Gasteiger partial charge in [-0.15, -0.1) is 11.8 Å². The van der Waals surface area contributed by atoms with Gasteiger partial charge in [-0.3, -0.25) is 9.80 Å². The molecule has 0 aromatic heterocycles. The van der Waals surface area contributed by atoms with Gasteiger partial charge in [0.15, 0.2) is 4.75 Å². The van der Waals surface area contributed by atoms with Gasteiger partial charge in [-0.25, -0.2) is 0 Å². The van der Waals surface area contributed by atoms with Gasteiger partial charge in [-0.05, 0) is 18.2 Å². The van der Waals surface area contributed by atoms with Gasteiger partial charge in [-0.2, -0.15) is 13.9 Å². The molecule has 0 saturated heterocycles. The molecule has 1 N–H and O–H groups in total. The molecule has 7 heteroatoms. The Balaban J connectivity index is 2.51. The van der Waals surface area contributed by atoms with E-state index >= 15 is 0 Å². The highest BCUT2D eigenvalue weighted by atomic mass is 32.2. The molecule has 1 heterocycles. The Morgan fingerprint density at radius 2 is 2.44 bits per heavy atom. The largest absolute Gasteiger partial charge is 0.480 e. The molecule has 4 nitrogen and oxygen atoms in total. The van der Waals surface area contributed by atoms with E-state index in [1.54, 1.807) is 7.05 Å². The first-order valence-electron chi connectivity index (χ1n) is 4.61. The first-order chi connectivity index (χ1) is 7.46. The molecule has 0 amide bonds. The number of carboxylic acid groups (broad SMARTS) is 1. The van der Waals surface area contributed by atoms with Crippen LogP contribution in [0.3, 0.4) is 0 Å². The summed E-state index contributed by atoms with van der Waals surface area (Å²) in [5.74, 6) is -0.668. The Morgan fingerprint density at radius 3 is 2.88 bits per heavy atom. The molecule has 0 aliphatic carbocycles. The molecular formula is C9H12F2N2O2S. The van der Waals surface area contributed by atoms with E-state index in [0.29, 0.717) is 5.75 Å². The molecule has 1 unspecified atom stereocenters. The van der Waals surface area contributed by atoms with E-state index < -0.39 is 16.8 Å². The van der Waals surface area contributed by atoms with Crippen molar-refractivity contribution in [2.75, 3.05) is 19.3 Å². The van der Waals surface area contributed by atoms with E-state index in [9.17, 15) is 13.6 Å². The Kier molecular flexibility index (Phi) is 4.28. The average molecular weight is 250 g/mol. The number of hydrogen-bond acceptors (Lipinski definition) is 4. The van der Waals surface area contributed by atoms with Crippen LogP contribution < -0.4 is 0 Å². The maximum atomic E-state index is 11.8. The summed E-state index contributed by atoms with van der Waals surface area (Å²) < 4.78 is 22.4. The van der Waals surface area contributed by atoms with Crippen LogP contribution in [-0.2, 0) is 4.79 Å². The quantitative estimate of drug-likeness (QED) is 0.754. The zero-order valence-electron chi connectivity index (χ0n) is 8.69. The summed E-state index contributed by atoms with van der Waals surface area (Å²) in [4.78, 5) is 11.1. The van der Waals surface area contributed by atoms with Gasteiger partial charge < -0.3 is 5.11 Å². The number of thioether (sulfide) groups is 1. The smallest absolute Gasteiger partial charge is 0.327 e. The van der Waals surface area contributed by atoms with Crippen molar-refractivity contribution in [3.05, 3.63) is 12.2 Å². The summed E-state index contributed by atoms with van der Waals surface area (Å²) in [6.07, 6.45) is 0.565. The number of aliphatic carboxylic acids is 1. The molecule has 1 rings (SSSR count). The van der Waals surface area contributed by atoms with Gasteiger partial charge in [0.05, 0.1) is 12.8 Å². The van der Waals surface area contributed by atoms with E-state index in [1.165, 1.54) is 11.2 Å². The van der Waals surface area contributed by atoms with Crippen LogP contribution in [0.15, 0.2) is 17.3 Å². The summed E-state index contributed by atoms with van der Waals surface area (Å²) in [5.41, 5.74) is 0. The van der Waals surface area contributed by atoms with E-state index in [4.69, 9.17) is 5.11 Å². The van der Waals surface area contributed by atoms with Gasteiger partial charge in [0.1, 0.15) is 0 Å². The lowest BCUT2D eigenvalue weighted by Crippen LogP contribution is -2.41. The molecule has 0 radical (unpaired) electrons. The van der Waals surface area contributed by atoms with Crippen LogP contribution in [0.5, 0.6) is 0 Å². The van der Waals surface area contributed by atoms with Gasteiger partial charge in [-0.1, -0.05) is 0 Å². The van der Waals surface area contributed by atoms with E-state index in [1.807, 2.05) is 0 Å². The normalized spacial score (nSPS) is 23.6. The van der Waals surface area contributed by atoms with Crippen LogP contribution in [-0.4, -0.2) is 46.4 Å². The van der Waals surface area contributed by atoms with Crippen LogP contribution in [0, 0.1) is 0 Å². The highest BCUT2D eigenvalue weighted by molar-refractivity contribution is 8.02. The summed E-state index contributed by atoms with van der Waals surface area (Å²) in [5, 5.41) is 14.5. The molecule has 0 bridgehead atoms. The molecule has 0 spiro atoms. The van der Waals surface area contributed by atoms with E-state index in [0.717, 1.165) is 17.8 Å². The standard InChI is InChI=1S/C9H12F2N2O2S/c1-13-6-9(5-12-13,8(14)15)16-4-2-3-7(10)11/h3,5H,2,4,6H2,1H3,(H,14,15). The fourth-order valence-corrected chi connectivity index (χ4v) is 2.41. The van der Waals surface area contributed by atoms with Crippen molar-refractivity contribution in [1.29, 1.82) is 0 Å². The lowest BCUT2D eigenvalue weighted by atomic mass is 10.2. The molecule has 16 heavy (non-hydrogen) atoms. The molecule has 0 saturated carbocycles. The monoisotopic (exact) mass is 250 g/mol. The molecule has 1 aliphatic heterocycles. The third-order valence-corrected chi connectivity index (χ3v) is 3.43. The van der Waals surface area contributed by atoms with Crippen LogP contribution in [0.25, 0.3) is 0 Å². The molecule has 0 fully saturated rings. The summed E-state index contributed by atoms with van der Waals surface area (Å²) in [6.45, 7) is 0.259. The maximum absolute atomic E-state index is 11.8. The predicted molar refractivity (Wildman–Crippen MR) is 58.9 cm³/mol. The minimum Gasteiger partial charge on any atom is -0.480 e. The van der Waals surface area contributed by atoms with Gasteiger partial charge in [0.2, 0.25) is 0 Å². The SMILES string of the molecule is CN1CC(SCCC=C(F)F)(C(=O)O)C=N1. The molecule has 0 aromatic carbocycles. The predicted octanol–water partition coefficient (Wildman–Crippen LogP) is 1.64. The lowest BCUT2D eigenvalue weighted by molar-refractivity contribution is -0.137. The highest BCUT2D eigenvalue weighted by Gasteiger charge is 2.42. The minimum atomic E-state index is -1.73. The Hall–Kier alpha value is -1.11. The Labute approximate surface area is 96.0 Å². The summed E-state index contributed by atoms with van der Waals surface area (Å²) in [6, 6.07) is 0. The Morgan fingerprint density at radius 1 is 1.75 bits per heavy atom. The van der Waals surface area contributed by atoms with Crippen LogP contribution >= 0.6 is 11.8 Å². The minimum absolute atomic E-state index is 0.152. The second kappa shape index (κ2) is 5.29. The highest BCUT2D eigenvalue weighted by Crippen LogP contribution is 2.29. The van der Waals surface area contributed by atoms with Gasteiger partial charge >= 0.3 is 5.97 Å². The first-order valence-corrected chi connectivity index (χ1v) is 5.59. The van der Waals surface area contributed by atoms with Crippen molar-refractivity contribution in [2.24, 2.45) is 5.10 Å². The third kappa shape index (κ3) is 3.19. The summed E-state index contributed by atoms with van der Waals surface area (Å²) in [7, 11) is 1.67. The molecule has 1 atom stereocenters. The molecular weight excluding hydrogens is 238 g/mol. The van der Waals surface area contributed by atoms with Crippen molar-refractivity contribution >= 4 is 23.9 Å². The van der Waals surface area contributed by atoms with Crippen LogP contribution in [0.1, 0.15) is 6.42 Å². The van der Waals surface area contributed by atoms with Gasteiger partial charge in [0, 0.05) is 7.05 Å². The number of carboxylic acids is 1. The molecule has 1 aliphatic rings. The van der Waals surface area contributed by atoms with Crippen molar-refractivity contribution in [3.63, 3.8) is 0 Å². The number of rotatable bonds is 5. The average Bonchev–Trinajstić information content (AvgIpc) is 2.56. The second-order valence-electron chi connectivity index (χ2n) is 3.39. The first kappa shape index (κ1) is 13.0. The fourth-order valence-electron chi connectivity index (χ4n) is 1.29. The van der Waals surface area contributed by atoms with E-state index in [-0.39, 0.29) is 13.0 Å². The molecule has 90 valence electrons. The van der Waals surface area contributed by atoms with Crippen molar-refractivity contribution in [3.8, 4) is 0 Å². The second-order valence-corrected chi connectivity index (χ2v) is 4.81. The fraction of sp³-hybridized carbons (Fsp3) is 0.556. The summed E-state index contributed by atoms with van der Waals surface area (Å²) >= 11 is 1.12. The third-order valence-electron chi connectivity index (χ3n) is 2.07. The zero-order valence-corrected chi connectivity index (χ0v) is 9.51. The van der Waals surface area contributed by atoms with Crippen LogP contribution in [0.4, 0.5) is 8.78 Å². The van der Waals surface area contributed by atoms with Gasteiger partial charge in [0.25, 0.3) is 6.08 Å². The number of hydrazone groups is 1. The number of hydrogen-bond donors (Lipinski definition) is 1. The number of nitrogens with zero attached hydrogens (tertiary/aromatic N) is 2. The molecule has 0 aromatic rings. The number of halogens is 2. The number of carbonyl (C=O) groups is 1. The van der Waals surface area contributed by atoms with Crippen molar-refractivity contribution < 1.29 is 18.7 Å². The topological polar surface area (TPSA) is 52.9 Å². The lowest BCUT2D eigenvalue weighted by Gasteiger charge is -2.20. The van der Waals surface area contributed by atoms with E-state index in [2.05, 4.69) is 5.10 Å². The van der Waals surface area contributed by atoms with Crippen molar-refractivity contribution in [1.82, 2.24) is 5.01 Å². The van der Waals surface area contributed by atoms with Crippen molar-refractivity contribution in [2.45, 2.75) is 11.2 Å². The number of allylic oxidation sites excluding steroid dienone is 1. The maximum Gasteiger partial charge on any atom is 0.327 e.